The molecular weight excluding hydrogens is 251 g/mol. The molecule has 2 aromatic carbocycles. The second-order valence-corrected chi connectivity index (χ2v) is 4.57. The van der Waals surface area contributed by atoms with E-state index in [4.69, 9.17) is 17.3 Å². The van der Waals surface area contributed by atoms with Gasteiger partial charge in [0.1, 0.15) is 5.82 Å². The molecule has 18 heavy (non-hydrogen) atoms. The van der Waals surface area contributed by atoms with E-state index in [-0.39, 0.29) is 11.9 Å². The maximum absolute atomic E-state index is 13.1. The number of hydrogen-bond donors (Lipinski definition) is 2. The van der Waals surface area contributed by atoms with Gasteiger partial charge < -0.3 is 11.1 Å². The van der Waals surface area contributed by atoms with Crippen molar-refractivity contribution in [3.05, 3.63) is 58.9 Å². The van der Waals surface area contributed by atoms with Gasteiger partial charge in [-0.25, -0.2) is 4.39 Å². The summed E-state index contributed by atoms with van der Waals surface area (Å²) in [6.07, 6.45) is 0. The highest BCUT2D eigenvalue weighted by Crippen LogP contribution is 2.28. The lowest BCUT2D eigenvalue weighted by Gasteiger charge is -2.17. The fraction of sp³-hybridized carbons (Fsp3) is 0.143. The first-order chi connectivity index (χ1) is 8.56. The predicted molar refractivity (Wildman–Crippen MR) is 74.3 cm³/mol. The molecule has 2 nitrogen and oxygen atoms in total. The third kappa shape index (κ3) is 2.93. The van der Waals surface area contributed by atoms with Crippen LogP contribution in [0.1, 0.15) is 18.5 Å². The van der Waals surface area contributed by atoms with E-state index in [0.29, 0.717) is 10.7 Å². The average Bonchev–Trinajstić information content (AvgIpc) is 2.32. The van der Waals surface area contributed by atoms with Crippen LogP contribution in [0.5, 0.6) is 0 Å². The standard InChI is InChI=1S/C14H14ClFN2/c1-9(10-3-2-4-11(16)7-10)18-14-6-5-12(17)8-13(14)15/h2-9,18H,17H2,1H3. The summed E-state index contributed by atoms with van der Waals surface area (Å²) in [5.41, 5.74) is 7.89. The van der Waals surface area contributed by atoms with Gasteiger partial charge in [-0.3, -0.25) is 0 Å². The molecule has 0 aliphatic carbocycles. The number of nitrogens with two attached hydrogens (primary N) is 1. The molecule has 0 spiro atoms. The van der Waals surface area contributed by atoms with Crippen LogP contribution in [0.2, 0.25) is 5.02 Å². The Kier molecular flexibility index (Phi) is 3.72. The maximum Gasteiger partial charge on any atom is 0.123 e. The summed E-state index contributed by atoms with van der Waals surface area (Å²) in [7, 11) is 0. The van der Waals surface area contributed by atoms with Gasteiger partial charge in [0, 0.05) is 11.7 Å². The Balaban J connectivity index is 2.18. The van der Waals surface area contributed by atoms with E-state index in [1.165, 1.54) is 12.1 Å². The molecule has 0 bridgehead atoms. The lowest BCUT2D eigenvalue weighted by Crippen LogP contribution is -2.07. The van der Waals surface area contributed by atoms with Crippen molar-refractivity contribution in [2.45, 2.75) is 13.0 Å². The van der Waals surface area contributed by atoms with Crippen LogP contribution in [0, 0.1) is 5.82 Å². The molecule has 0 aliphatic rings. The van der Waals surface area contributed by atoms with Gasteiger partial charge in [0.25, 0.3) is 0 Å². The minimum Gasteiger partial charge on any atom is -0.399 e. The summed E-state index contributed by atoms with van der Waals surface area (Å²) in [5, 5.41) is 3.78. The lowest BCUT2D eigenvalue weighted by atomic mass is 10.1. The number of hydrogen-bond acceptors (Lipinski definition) is 2. The first-order valence-corrected chi connectivity index (χ1v) is 6.01. The zero-order valence-corrected chi connectivity index (χ0v) is 10.7. The van der Waals surface area contributed by atoms with Crippen LogP contribution in [0.25, 0.3) is 0 Å². The topological polar surface area (TPSA) is 38.0 Å². The molecule has 0 saturated carbocycles. The van der Waals surface area contributed by atoms with Crippen molar-refractivity contribution in [3.63, 3.8) is 0 Å². The Bertz CT molecular complexity index is 557. The number of rotatable bonds is 3. The molecule has 1 atom stereocenters. The summed E-state index contributed by atoms with van der Waals surface area (Å²) in [6.45, 7) is 1.95. The fourth-order valence-corrected chi connectivity index (χ4v) is 1.98. The van der Waals surface area contributed by atoms with Gasteiger partial charge in [0.15, 0.2) is 0 Å². The van der Waals surface area contributed by atoms with E-state index in [2.05, 4.69) is 5.32 Å². The van der Waals surface area contributed by atoms with E-state index in [1.54, 1.807) is 18.2 Å². The summed E-state index contributed by atoms with van der Waals surface area (Å²) in [4.78, 5) is 0. The van der Waals surface area contributed by atoms with Crippen LogP contribution in [0.3, 0.4) is 0 Å². The highest BCUT2D eigenvalue weighted by atomic mass is 35.5. The Morgan fingerprint density at radius 2 is 2.00 bits per heavy atom. The highest BCUT2D eigenvalue weighted by molar-refractivity contribution is 6.33. The second-order valence-electron chi connectivity index (χ2n) is 4.16. The van der Waals surface area contributed by atoms with Crippen molar-refractivity contribution in [3.8, 4) is 0 Å². The molecule has 0 fully saturated rings. The molecule has 2 rings (SSSR count). The van der Waals surface area contributed by atoms with Gasteiger partial charge in [-0.1, -0.05) is 23.7 Å². The molecule has 4 heteroatoms. The van der Waals surface area contributed by atoms with Gasteiger partial charge in [0.2, 0.25) is 0 Å². The van der Waals surface area contributed by atoms with E-state index in [9.17, 15) is 4.39 Å². The smallest absolute Gasteiger partial charge is 0.123 e. The van der Waals surface area contributed by atoms with E-state index >= 15 is 0 Å². The van der Waals surface area contributed by atoms with Crippen molar-refractivity contribution in [1.82, 2.24) is 0 Å². The summed E-state index contributed by atoms with van der Waals surface area (Å²) in [5.74, 6) is -0.246. The lowest BCUT2D eigenvalue weighted by molar-refractivity contribution is 0.623. The van der Waals surface area contributed by atoms with Gasteiger partial charge in [-0.05, 0) is 42.8 Å². The van der Waals surface area contributed by atoms with Crippen LogP contribution in [-0.2, 0) is 0 Å². The molecule has 0 radical (unpaired) electrons. The Morgan fingerprint density at radius 1 is 1.22 bits per heavy atom. The summed E-state index contributed by atoms with van der Waals surface area (Å²) in [6, 6.07) is 11.7. The average molecular weight is 265 g/mol. The number of anilines is 2. The first kappa shape index (κ1) is 12.7. The SMILES string of the molecule is CC(Nc1ccc(N)cc1Cl)c1cccc(F)c1. The second kappa shape index (κ2) is 5.27. The van der Waals surface area contributed by atoms with Gasteiger partial charge in [-0.15, -0.1) is 0 Å². The molecule has 94 valence electrons. The van der Waals surface area contributed by atoms with Crippen LogP contribution in [0.4, 0.5) is 15.8 Å². The third-order valence-electron chi connectivity index (χ3n) is 2.71. The van der Waals surface area contributed by atoms with Crippen LogP contribution < -0.4 is 11.1 Å². The monoisotopic (exact) mass is 264 g/mol. The number of halogens is 2. The molecule has 0 heterocycles. The molecule has 0 saturated heterocycles. The number of nitrogens with one attached hydrogen (secondary N) is 1. The van der Waals surface area contributed by atoms with Gasteiger partial charge in [-0.2, -0.15) is 0 Å². The largest absolute Gasteiger partial charge is 0.399 e. The van der Waals surface area contributed by atoms with Crippen molar-refractivity contribution in [2.24, 2.45) is 0 Å². The van der Waals surface area contributed by atoms with Crippen molar-refractivity contribution in [2.75, 3.05) is 11.1 Å². The fourth-order valence-electron chi connectivity index (χ4n) is 1.74. The highest BCUT2D eigenvalue weighted by Gasteiger charge is 2.08. The van der Waals surface area contributed by atoms with Crippen LogP contribution in [-0.4, -0.2) is 0 Å². The number of benzene rings is 2. The molecular formula is C14H14ClFN2. The number of nitrogen functional groups attached to an aromatic ring is 1. The van der Waals surface area contributed by atoms with E-state index in [1.807, 2.05) is 19.1 Å². The molecule has 0 aliphatic heterocycles. The van der Waals surface area contributed by atoms with Crippen LogP contribution >= 0.6 is 11.6 Å². The van der Waals surface area contributed by atoms with Gasteiger partial charge in [0.05, 0.1) is 10.7 Å². The van der Waals surface area contributed by atoms with E-state index < -0.39 is 0 Å². The quantitative estimate of drug-likeness (QED) is 0.814. The minimum absolute atomic E-state index is 0.0400. The zero-order valence-electron chi connectivity index (χ0n) is 9.95. The van der Waals surface area contributed by atoms with Crippen molar-refractivity contribution < 1.29 is 4.39 Å². The predicted octanol–water partition coefficient (Wildman–Crippen LogP) is 4.23. The first-order valence-electron chi connectivity index (χ1n) is 5.63. The normalized spacial score (nSPS) is 12.2. The van der Waals surface area contributed by atoms with Crippen molar-refractivity contribution in [1.29, 1.82) is 0 Å². The molecule has 3 N–H and O–H groups in total. The van der Waals surface area contributed by atoms with E-state index in [0.717, 1.165) is 11.3 Å². The molecule has 0 amide bonds. The van der Waals surface area contributed by atoms with Gasteiger partial charge >= 0.3 is 0 Å². The summed E-state index contributed by atoms with van der Waals surface area (Å²) >= 11 is 6.08. The zero-order chi connectivity index (χ0) is 13.1. The van der Waals surface area contributed by atoms with Crippen molar-refractivity contribution >= 4 is 23.0 Å². The van der Waals surface area contributed by atoms with Crippen LogP contribution in [0.15, 0.2) is 42.5 Å². The Labute approximate surface area is 111 Å². The Morgan fingerprint density at radius 3 is 2.67 bits per heavy atom. The Hall–Kier alpha value is -1.74. The molecule has 0 aromatic heterocycles. The minimum atomic E-state index is -0.246. The molecule has 2 aromatic rings. The third-order valence-corrected chi connectivity index (χ3v) is 3.03. The molecule has 1 unspecified atom stereocenters. The maximum atomic E-state index is 13.1. The summed E-state index contributed by atoms with van der Waals surface area (Å²) < 4.78 is 13.1.